The van der Waals surface area contributed by atoms with Crippen molar-refractivity contribution in [2.24, 2.45) is 23.2 Å². The number of rotatable bonds is 7. The van der Waals surface area contributed by atoms with Gasteiger partial charge in [-0.2, -0.15) is 0 Å². The molecule has 0 aliphatic heterocycles. The SMILES string of the molecule is O=C(C=Cc1ccc(COc2ccc(Cl)cc2)o1)CC12CC3CC(CC(C3)C1)C2. The Kier molecular flexibility index (Phi) is 5.03. The van der Waals surface area contributed by atoms with E-state index in [-0.39, 0.29) is 11.2 Å². The highest BCUT2D eigenvalue weighted by Crippen LogP contribution is 2.61. The van der Waals surface area contributed by atoms with Crippen LogP contribution in [0.15, 0.2) is 46.9 Å². The number of furan rings is 1. The highest BCUT2D eigenvalue weighted by atomic mass is 35.5. The summed E-state index contributed by atoms with van der Waals surface area (Å²) in [5.74, 6) is 5.05. The average molecular weight is 411 g/mol. The van der Waals surface area contributed by atoms with Crippen LogP contribution in [0.25, 0.3) is 6.08 Å². The van der Waals surface area contributed by atoms with E-state index in [0.717, 1.165) is 29.3 Å². The van der Waals surface area contributed by atoms with Gasteiger partial charge in [0.1, 0.15) is 23.9 Å². The molecule has 0 N–H and O–H groups in total. The van der Waals surface area contributed by atoms with E-state index in [1.807, 2.05) is 24.3 Å². The molecule has 4 fully saturated rings. The van der Waals surface area contributed by atoms with Crippen LogP contribution in [0.1, 0.15) is 56.5 Å². The molecule has 29 heavy (non-hydrogen) atoms. The number of ether oxygens (including phenoxy) is 1. The minimum Gasteiger partial charge on any atom is -0.486 e. The number of hydrogen-bond donors (Lipinski definition) is 0. The van der Waals surface area contributed by atoms with Gasteiger partial charge in [-0.1, -0.05) is 11.6 Å². The fourth-order valence-corrected chi connectivity index (χ4v) is 6.48. The van der Waals surface area contributed by atoms with Crippen molar-refractivity contribution in [2.75, 3.05) is 0 Å². The van der Waals surface area contributed by atoms with Crippen molar-refractivity contribution in [3.8, 4) is 5.75 Å². The smallest absolute Gasteiger partial charge is 0.156 e. The summed E-state index contributed by atoms with van der Waals surface area (Å²) in [6, 6.07) is 11.0. The molecule has 152 valence electrons. The second-order valence-corrected chi connectivity index (χ2v) is 9.88. The Balaban J connectivity index is 1.15. The monoisotopic (exact) mass is 410 g/mol. The van der Waals surface area contributed by atoms with E-state index in [9.17, 15) is 4.79 Å². The maximum absolute atomic E-state index is 12.7. The summed E-state index contributed by atoms with van der Waals surface area (Å²) in [7, 11) is 0. The average Bonchev–Trinajstić information content (AvgIpc) is 3.12. The quantitative estimate of drug-likeness (QED) is 0.476. The Morgan fingerprint density at radius 3 is 2.34 bits per heavy atom. The molecule has 0 atom stereocenters. The van der Waals surface area contributed by atoms with Crippen LogP contribution in [0.3, 0.4) is 0 Å². The van der Waals surface area contributed by atoms with E-state index in [1.165, 1.54) is 38.5 Å². The minimum atomic E-state index is 0.238. The normalized spacial score (nSPS) is 30.2. The van der Waals surface area contributed by atoms with E-state index in [1.54, 1.807) is 24.3 Å². The molecule has 0 saturated heterocycles. The first kappa shape index (κ1) is 19.0. The number of carbonyl (C=O) groups is 1. The second-order valence-electron chi connectivity index (χ2n) is 9.44. The van der Waals surface area contributed by atoms with Gasteiger partial charge in [0.25, 0.3) is 0 Å². The maximum atomic E-state index is 12.7. The summed E-state index contributed by atoms with van der Waals surface area (Å²) >= 11 is 5.88. The predicted octanol–water partition coefficient (Wildman–Crippen LogP) is 6.70. The Hall–Kier alpha value is -2.00. The summed E-state index contributed by atoms with van der Waals surface area (Å²) < 4.78 is 11.5. The van der Waals surface area contributed by atoms with E-state index in [0.29, 0.717) is 23.8 Å². The van der Waals surface area contributed by atoms with Gasteiger partial charge < -0.3 is 9.15 Å². The van der Waals surface area contributed by atoms with Crippen LogP contribution >= 0.6 is 11.6 Å². The number of allylic oxidation sites excluding steroid dienone is 1. The summed E-state index contributed by atoms with van der Waals surface area (Å²) in [4.78, 5) is 12.7. The zero-order valence-electron chi connectivity index (χ0n) is 16.6. The number of ketones is 1. The topological polar surface area (TPSA) is 39.4 Å². The van der Waals surface area contributed by atoms with Crippen LogP contribution in [0.4, 0.5) is 0 Å². The second kappa shape index (κ2) is 7.68. The lowest BCUT2D eigenvalue weighted by atomic mass is 9.48. The van der Waals surface area contributed by atoms with Crippen molar-refractivity contribution in [1.82, 2.24) is 0 Å². The molecular formula is C25H27ClO3. The van der Waals surface area contributed by atoms with Crippen molar-refractivity contribution in [3.63, 3.8) is 0 Å². The molecule has 0 unspecified atom stereocenters. The van der Waals surface area contributed by atoms with E-state index in [4.69, 9.17) is 20.8 Å². The van der Waals surface area contributed by atoms with Crippen LogP contribution in [-0.2, 0) is 11.4 Å². The van der Waals surface area contributed by atoms with E-state index < -0.39 is 0 Å². The molecule has 1 aromatic heterocycles. The highest BCUT2D eigenvalue weighted by Gasteiger charge is 2.51. The van der Waals surface area contributed by atoms with Crippen molar-refractivity contribution in [3.05, 3.63) is 59.0 Å². The third-order valence-corrected chi connectivity index (χ3v) is 7.28. The Morgan fingerprint density at radius 1 is 1.03 bits per heavy atom. The number of carbonyl (C=O) groups excluding carboxylic acids is 1. The molecule has 0 amide bonds. The van der Waals surface area contributed by atoms with Gasteiger partial charge in [-0.3, -0.25) is 4.79 Å². The predicted molar refractivity (Wildman–Crippen MR) is 114 cm³/mol. The fourth-order valence-electron chi connectivity index (χ4n) is 6.36. The first-order valence-corrected chi connectivity index (χ1v) is 11.1. The molecule has 0 radical (unpaired) electrons. The van der Waals surface area contributed by atoms with Gasteiger partial charge in [-0.15, -0.1) is 0 Å². The van der Waals surface area contributed by atoms with Gasteiger partial charge in [-0.05, 0) is 110 Å². The van der Waals surface area contributed by atoms with E-state index >= 15 is 0 Å². The Labute approximate surface area is 177 Å². The zero-order valence-corrected chi connectivity index (χ0v) is 17.4. The molecule has 0 spiro atoms. The minimum absolute atomic E-state index is 0.238. The molecule has 1 aromatic carbocycles. The van der Waals surface area contributed by atoms with Crippen LogP contribution in [0.5, 0.6) is 5.75 Å². The molecule has 6 rings (SSSR count). The summed E-state index contributed by atoms with van der Waals surface area (Å²) in [6.45, 7) is 0.344. The highest BCUT2D eigenvalue weighted by molar-refractivity contribution is 6.30. The van der Waals surface area contributed by atoms with Crippen molar-refractivity contribution in [1.29, 1.82) is 0 Å². The molecule has 4 heteroatoms. The van der Waals surface area contributed by atoms with Crippen molar-refractivity contribution >= 4 is 23.5 Å². The fraction of sp³-hybridized carbons (Fsp3) is 0.480. The number of halogens is 1. The molecule has 4 aliphatic carbocycles. The molecule has 4 saturated carbocycles. The van der Waals surface area contributed by atoms with E-state index in [2.05, 4.69) is 0 Å². The Bertz CT molecular complexity index is 873. The number of hydrogen-bond acceptors (Lipinski definition) is 3. The largest absolute Gasteiger partial charge is 0.486 e. The zero-order chi connectivity index (χ0) is 19.8. The van der Waals surface area contributed by atoms with Crippen LogP contribution in [0, 0.1) is 23.2 Å². The molecule has 4 bridgehead atoms. The maximum Gasteiger partial charge on any atom is 0.156 e. The van der Waals surface area contributed by atoms with Crippen molar-refractivity contribution < 1.29 is 13.9 Å². The van der Waals surface area contributed by atoms with Gasteiger partial charge in [0.15, 0.2) is 5.78 Å². The van der Waals surface area contributed by atoms with Gasteiger partial charge in [0.05, 0.1) is 0 Å². The van der Waals surface area contributed by atoms with Gasteiger partial charge in [0, 0.05) is 11.4 Å². The molecule has 1 heterocycles. The van der Waals surface area contributed by atoms with Crippen LogP contribution in [-0.4, -0.2) is 5.78 Å². The van der Waals surface area contributed by atoms with Crippen LogP contribution in [0.2, 0.25) is 5.02 Å². The first-order chi connectivity index (χ1) is 14.1. The van der Waals surface area contributed by atoms with Crippen LogP contribution < -0.4 is 4.74 Å². The van der Waals surface area contributed by atoms with Crippen molar-refractivity contribution in [2.45, 2.75) is 51.6 Å². The molecular weight excluding hydrogens is 384 g/mol. The standard InChI is InChI=1S/C25H27ClO3/c26-20-1-4-22(5-2-20)28-16-24-8-7-23(29-24)6-3-21(27)15-25-12-17-9-18(13-25)11-19(10-17)14-25/h1-8,17-19H,9-16H2. The lowest BCUT2D eigenvalue weighted by Gasteiger charge is -2.56. The lowest BCUT2D eigenvalue weighted by molar-refractivity contribution is -0.122. The lowest BCUT2D eigenvalue weighted by Crippen LogP contribution is -2.46. The van der Waals surface area contributed by atoms with Gasteiger partial charge >= 0.3 is 0 Å². The third-order valence-electron chi connectivity index (χ3n) is 7.02. The van der Waals surface area contributed by atoms with Gasteiger partial charge in [0.2, 0.25) is 0 Å². The summed E-state index contributed by atoms with van der Waals surface area (Å²) in [5.41, 5.74) is 0.289. The Morgan fingerprint density at radius 2 is 1.69 bits per heavy atom. The molecule has 3 nitrogen and oxygen atoms in total. The summed E-state index contributed by atoms with van der Waals surface area (Å²) in [6.07, 6.45) is 12.3. The first-order valence-electron chi connectivity index (χ1n) is 10.7. The van der Waals surface area contributed by atoms with Gasteiger partial charge in [-0.25, -0.2) is 0 Å². The molecule has 4 aliphatic rings. The molecule has 2 aromatic rings. The number of benzene rings is 1. The summed E-state index contributed by atoms with van der Waals surface area (Å²) in [5, 5.41) is 0.681. The third kappa shape index (κ3) is 4.30.